The van der Waals surface area contributed by atoms with Crippen molar-refractivity contribution in [2.24, 2.45) is 0 Å². The molecule has 1 unspecified atom stereocenters. The Morgan fingerprint density at radius 3 is 2.14 bits per heavy atom. The third-order valence-corrected chi connectivity index (χ3v) is 4.93. The van der Waals surface area contributed by atoms with Crippen LogP contribution < -0.4 is 5.48 Å². The summed E-state index contributed by atoms with van der Waals surface area (Å²) >= 11 is 0. The molecular weight excluding hydrogens is 371 g/mol. The highest BCUT2D eigenvalue weighted by atomic mass is 19.4. The summed E-state index contributed by atoms with van der Waals surface area (Å²) in [5, 5.41) is 9.11. The number of nitrogens with one attached hydrogen (secondary N) is 1. The van der Waals surface area contributed by atoms with E-state index in [1.54, 1.807) is 5.48 Å². The fourth-order valence-electron chi connectivity index (χ4n) is 3.46. The van der Waals surface area contributed by atoms with E-state index in [9.17, 15) is 18.0 Å². The van der Waals surface area contributed by atoms with Gasteiger partial charge in [0.15, 0.2) is 0 Å². The molecule has 1 fully saturated rings. The molecule has 1 saturated heterocycles. The maximum absolute atomic E-state index is 12.7. The number of nitrogens with zero attached hydrogens (tertiary/aromatic N) is 2. The first-order chi connectivity index (χ1) is 13.4. The molecule has 0 aromatic heterocycles. The second-order valence-electron chi connectivity index (χ2n) is 6.80. The zero-order valence-electron chi connectivity index (χ0n) is 15.2. The molecule has 0 saturated carbocycles. The molecule has 1 heterocycles. The van der Waals surface area contributed by atoms with Crippen LogP contribution in [0.3, 0.4) is 0 Å². The van der Waals surface area contributed by atoms with Crippen LogP contribution in [0.25, 0.3) is 0 Å². The number of carbonyl (C=O) groups is 1. The van der Waals surface area contributed by atoms with Gasteiger partial charge in [-0.1, -0.05) is 42.5 Å². The van der Waals surface area contributed by atoms with Crippen LogP contribution >= 0.6 is 0 Å². The number of carbonyl (C=O) groups excluding carboxylic acids is 1. The Bertz CT molecular complexity index is 774. The number of rotatable bonds is 5. The van der Waals surface area contributed by atoms with Gasteiger partial charge in [0.1, 0.15) is 6.04 Å². The lowest BCUT2D eigenvalue weighted by Gasteiger charge is -2.38. The Morgan fingerprint density at radius 1 is 1.00 bits per heavy atom. The smallest absolute Gasteiger partial charge is 0.297 e. The quantitative estimate of drug-likeness (QED) is 0.606. The Morgan fingerprint density at radius 2 is 1.61 bits per heavy atom. The maximum atomic E-state index is 12.7. The highest BCUT2D eigenvalue weighted by molar-refractivity contribution is 5.82. The number of hydrogen-bond acceptors (Lipinski definition) is 4. The summed E-state index contributed by atoms with van der Waals surface area (Å²) in [6.07, 6.45) is -4.33. The Kier molecular flexibility index (Phi) is 6.33. The molecule has 0 aliphatic carbocycles. The van der Waals surface area contributed by atoms with E-state index in [1.165, 1.54) is 12.1 Å². The number of piperazine rings is 1. The van der Waals surface area contributed by atoms with Crippen LogP contribution in [-0.2, 0) is 17.5 Å². The minimum absolute atomic E-state index is 0.484. The van der Waals surface area contributed by atoms with Gasteiger partial charge >= 0.3 is 6.18 Å². The van der Waals surface area contributed by atoms with Gasteiger partial charge < -0.3 is 0 Å². The summed E-state index contributed by atoms with van der Waals surface area (Å²) in [5.41, 5.74) is 2.70. The molecule has 1 aliphatic rings. The van der Waals surface area contributed by atoms with Crippen molar-refractivity contribution in [1.82, 2.24) is 15.3 Å². The lowest BCUT2D eigenvalue weighted by Crippen LogP contribution is -2.50. The Balaban J connectivity index is 1.61. The van der Waals surface area contributed by atoms with E-state index in [4.69, 9.17) is 5.21 Å². The van der Waals surface area contributed by atoms with Crippen molar-refractivity contribution in [3.8, 4) is 0 Å². The molecule has 2 aromatic carbocycles. The van der Waals surface area contributed by atoms with E-state index in [0.717, 1.165) is 23.3 Å². The molecule has 2 N–H and O–H groups in total. The average molecular weight is 393 g/mol. The summed E-state index contributed by atoms with van der Waals surface area (Å²) in [6, 6.07) is 13.8. The molecule has 0 radical (unpaired) electrons. The monoisotopic (exact) mass is 393 g/mol. The molecule has 150 valence electrons. The summed E-state index contributed by atoms with van der Waals surface area (Å²) in [6.45, 7) is 3.10. The largest absolute Gasteiger partial charge is 0.416 e. The van der Waals surface area contributed by atoms with Crippen molar-refractivity contribution < 1.29 is 23.2 Å². The van der Waals surface area contributed by atoms with E-state index in [-0.39, 0.29) is 0 Å². The van der Waals surface area contributed by atoms with Crippen LogP contribution in [0, 0.1) is 0 Å². The number of halogens is 3. The third kappa shape index (κ3) is 4.89. The van der Waals surface area contributed by atoms with Crippen molar-refractivity contribution in [2.45, 2.75) is 18.8 Å². The summed E-state index contributed by atoms with van der Waals surface area (Å²) in [5.74, 6) is -0.484. The predicted molar refractivity (Wildman–Crippen MR) is 97.4 cm³/mol. The van der Waals surface area contributed by atoms with Gasteiger partial charge in [0.2, 0.25) is 0 Å². The van der Waals surface area contributed by atoms with E-state index in [2.05, 4.69) is 4.90 Å². The lowest BCUT2D eigenvalue weighted by molar-refractivity contribution is -0.137. The molecule has 5 nitrogen and oxygen atoms in total. The van der Waals surface area contributed by atoms with Gasteiger partial charge in [-0.25, -0.2) is 5.48 Å². The Labute approximate surface area is 161 Å². The van der Waals surface area contributed by atoms with Crippen LogP contribution in [0.15, 0.2) is 54.6 Å². The van der Waals surface area contributed by atoms with Crippen LogP contribution in [0.1, 0.15) is 22.7 Å². The average Bonchev–Trinajstić information content (AvgIpc) is 2.70. The summed E-state index contributed by atoms with van der Waals surface area (Å²) in [7, 11) is 0. The summed E-state index contributed by atoms with van der Waals surface area (Å²) in [4.78, 5) is 16.3. The third-order valence-electron chi connectivity index (χ3n) is 4.93. The van der Waals surface area contributed by atoms with Gasteiger partial charge in [-0.3, -0.25) is 19.8 Å². The minimum Gasteiger partial charge on any atom is -0.297 e. The van der Waals surface area contributed by atoms with Gasteiger partial charge in [-0.15, -0.1) is 0 Å². The second-order valence-corrected chi connectivity index (χ2v) is 6.80. The molecule has 3 rings (SSSR count). The van der Waals surface area contributed by atoms with Crippen molar-refractivity contribution in [2.75, 3.05) is 26.2 Å². The van der Waals surface area contributed by atoms with Gasteiger partial charge in [-0.2, -0.15) is 13.2 Å². The second kappa shape index (κ2) is 8.72. The topological polar surface area (TPSA) is 55.8 Å². The van der Waals surface area contributed by atoms with E-state index >= 15 is 0 Å². The number of alkyl halides is 3. The highest BCUT2D eigenvalue weighted by Gasteiger charge is 2.31. The first-order valence-corrected chi connectivity index (χ1v) is 9.00. The first kappa shape index (κ1) is 20.3. The standard InChI is InChI=1S/C20H22F3N3O2/c21-20(22,23)17-8-6-15(7-9-17)14-25-10-12-26(13-11-25)18(19(27)24-28)16-4-2-1-3-5-16/h1-9,18,28H,10-14H2,(H,24,27). The molecule has 2 aromatic rings. The van der Waals surface area contributed by atoms with Crippen LogP contribution in [0.4, 0.5) is 13.2 Å². The fourth-order valence-corrected chi connectivity index (χ4v) is 3.46. The normalized spacial score (nSPS) is 17.3. The Hall–Kier alpha value is -2.42. The maximum Gasteiger partial charge on any atom is 0.416 e. The molecule has 28 heavy (non-hydrogen) atoms. The van der Waals surface area contributed by atoms with Gasteiger partial charge in [-0.05, 0) is 23.3 Å². The van der Waals surface area contributed by atoms with E-state index in [1.807, 2.05) is 35.2 Å². The van der Waals surface area contributed by atoms with Crippen molar-refractivity contribution in [1.29, 1.82) is 0 Å². The molecule has 8 heteroatoms. The van der Waals surface area contributed by atoms with Gasteiger partial charge in [0, 0.05) is 32.7 Å². The van der Waals surface area contributed by atoms with Crippen LogP contribution in [0.2, 0.25) is 0 Å². The first-order valence-electron chi connectivity index (χ1n) is 9.00. The van der Waals surface area contributed by atoms with E-state index < -0.39 is 23.7 Å². The number of hydrogen-bond donors (Lipinski definition) is 2. The lowest BCUT2D eigenvalue weighted by atomic mass is 10.0. The fraction of sp³-hybridized carbons (Fsp3) is 0.350. The minimum atomic E-state index is -4.33. The van der Waals surface area contributed by atoms with Crippen molar-refractivity contribution in [3.05, 3.63) is 71.3 Å². The van der Waals surface area contributed by atoms with Gasteiger partial charge in [0.05, 0.1) is 5.56 Å². The zero-order valence-corrected chi connectivity index (χ0v) is 15.2. The zero-order chi connectivity index (χ0) is 20.1. The molecular formula is C20H22F3N3O2. The highest BCUT2D eigenvalue weighted by Crippen LogP contribution is 2.29. The van der Waals surface area contributed by atoms with Crippen molar-refractivity contribution in [3.63, 3.8) is 0 Å². The van der Waals surface area contributed by atoms with Crippen molar-refractivity contribution >= 4 is 5.91 Å². The molecule has 0 bridgehead atoms. The molecule has 1 aliphatic heterocycles. The number of hydroxylamine groups is 1. The van der Waals surface area contributed by atoms with Crippen LogP contribution in [-0.4, -0.2) is 47.1 Å². The van der Waals surface area contributed by atoms with E-state index in [0.29, 0.717) is 32.7 Å². The number of amides is 1. The molecule has 1 atom stereocenters. The molecule has 1 amide bonds. The summed E-state index contributed by atoms with van der Waals surface area (Å²) < 4.78 is 38.0. The molecule has 0 spiro atoms. The van der Waals surface area contributed by atoms with Gasteiger partial charge in [0.25, 0.3) is 5.91 Å². The van der Waals surface area contributed by atoms with Crippen LogP contribution in [0.5, 0.6) is 0 Å². The predicted octanol–water partition coefficient (Wildman–Crippen LogP) is 3.07. The number of benzene rings is 2. The SMILES string of the molecule is O=C(NO)C(c1ccccc1)N1CCN(Cc2ccc(C(F)(F)F)cc2)CC1.